The van der Waals surface area contributed by atoms with Gasteiger partial charge >= 0.3 is 0 Å². The molecule has 1 heterocycles. The minimum absolute atomic E-state index is 0.0120. The Morgan fingerprint density at radius 2 is 1.88 bits per heavy atom. The highest BCUT2D eigenvalue weighted by atomic mass is 35.5. The molecule has 0 saturated carbocycles. The lowest BCUT2D eigenvalue weighted by Crippen LogP contribution is -2.28. The molecule has 0 N–H and O–H groups in total. The number of allylic oxidation sites excluding steroid dienone is 1. The molecule has 0 spiro atoms. The van der Waals surface area contributed by atoms with Crippen LogP contribution in [0.5, 0.6) is 5.75 Å². The zero-order valence-corrected chi connectivity index (χ0v) is 15.0. The zero-order valence-electron chi connectivity index (χ0n) is 14.3. The van der Waals surface area contributed by atoms with Gasteiger partial charge in [-0.15, -0.1) is 0 Å². The molecule has 2 aromatic rings. The molecule has 0 radical (unpaired) electrons. The average molecular weight is 364 g/mol. The summed E-state index contributed by atoms with van der Waals surface area (Å²) < 4.78 is 34.3. The summed E-state index contributed by atoms with van der Waals surface area (Å²) in [5.41, 5.74) is 2.20. The lowest BCUT2D eigenvalue weighted by atomic mass is 9.91. The third-order valence-corrected chi connectivity index (χ3v) is 4.87. The Morgan fingerprint density at radius 3 is 2.52 bits per heavy atom. The minimum atomic E-state index is -0.563. The first-order valence-electron chi connectivity index (χ1n) is 8.33. The molecule has 0 aromatic heterocycles. The van der Waals surface area contributed by atoms with Gasteiger partial charge in [-0.3, -0.25) is 0 Å². The number of hydrogen-bond donors (Lipinski definition) is 0. The van der Waals surface area contributed by atoms with Crippen molar-refractivity contribution in [3.8, 4) is 5.75 Å². The van der Waals surface area contributed by atoms with Crippen LogP contribution in [-0.2, 0) is 0 Å². The SMILES string of the molecule is CCN1CCCC(c2cc(OC)ccc2Cl)=C1c1c(F)cccc1F. The van der Waals surface area contributed by atoms with Crippen molar-refractivity contribution in [2.24, 2.45) is 0 Å². The van der Waals surface area contributed by atoms with Gasteiger partial charge in [-0.05, 0) is 55.7 Å². The quantitative estimate of drug-likeness (QED) is 0.700. The van der Waals surface area contributed by atoms with Crippen LogP contribution in [-0.4, -0.2) is 25.1 Å². The van der Waals surface area contributed by atoms with E-state index in [9.17, 15) is 8.78 Å². The molecule has 2 aromatic carbocycles. The molecule has 0 saturated heterocycles. The predicted molar refractivity (Wildman–Crippen MR) is 97.7 cm³/mol. The second kappa shape index (κ2) is 7.44. The van der Waals surface area contributed by atoms with Gasteiger partial charge in [-0.25, -0.2) is 8.78 Å². The van der Waals surface area contributed by atoms with E-state index >= 15 is 0 Å². The van der Waals surface area contributed by atoms with Gasteiger partial charge in [0.05, 0.1) is 18.4 Å². The molecule has 25 heavy (non-hydrogen) atoms. The Labute approximate surface area is 151 Å². The maximum atomic E-state index is 14.5. The molecular weight excluding hydrogens is 344 g/mol. The number of rotatable bonds is 4. The van der Waals surface area contributed by atoms with Crippen molar-refractivity contribution in [2.75, 3.05) is 20.2 Å². The Kier molecular flexibility index (Phi) is 5.28. The van der Waals surface area contributed by atoms with E-state index in [4.69, 9.17) is 16.3 Å². The second-order valence-corrected chi connectivity index (χ2v) is 6.36. The van der Waals surface area contributed by atoms with Gasteiger partial charge in [-0.1, -0.05) is 17.7 Å². The van der Waals surface area contributed by atoms with Gasteiger partial charge in [0, 0.05) is 23.7 Å². The van der Waals surface area contributed by atoms with Crippen LogP contribution in [0.4, 0.5) is 8.78 Å². The van der Waals surface area contributed by atoms with Crippen molar-refractivity contribution in [2.45, 2.75) is 19.8 Å². The average Bonchev–Trinajstić information content (AvgIpc) is 2.62. The van der Waals surface area contributed by atoms with Crippen LogP contribution in [0, 0.1) is 11.6 Å². The van der Waals surface area contributed by atoms with E-state index in [0.717, 1.165) is 24.1 Å². The Morgan fingerprint density at radius 1 is 1.16 bits per heavy atom. The van der Waals surface area contributed by atoms with Crippen molar-refractivity contribution in [1.82, 2.24) is 4.90 Å². The van der Waals surface area contributed by atoms with Gasteiger partial charge in [0.1, 0.15) is 17.4 Å². The van der Waals surface area contributed by atoms with E-state index in [-0.39, 0.29) is 5.56 Å². The molecule has 0 atom stereocenters. The van der Waals surface area contributed by atoms with E-state index in [1.165, 1.54) is 18.2 Å². The smallest absolute Gasteiger partial charge is 0.135 e. The highest BCUT2D eigenvalue weighted by molar-refractivity contribution is 6.32. The topological polar surface area (TPSA) is 12.5 Å². The first-order valence-corrected chi connectivity index (χ1v) is 8.71. The zero-order chi connectivity index (χ0) is 18.0. The van der Waals surface area contributed by atoms with Gasteiger partial charge in [0.25, 0.3) is 0 Å². The molecule has 132 valence electrons. The van der Waals surface area contributed by atoms with Crippen LogP contribution in [0.3, 0.4) is 0 Å². The number of hydrogen-bond acceptors (Lipinski definition) is 2. The molecule has 1 aliphatic heterocycles. The summed E-state index contributed by atoms with van der Waals surface area (Å²) in [7, 11) is 1.58. The third kappa shape index (κ3) is 3.36. The molecule has 0 unspecified atom stereocenters. The summed E-state index contributed by atoms with van der Waals surface area (Å²) in [6.45, 7) is 3.40. The molecule has 0 amide bonds. The van der Waals surface area contributed by atoms with Crippen molar-refractivity contribution >= 4 is 22.9 Å². The number of halogens is 3. The van der Waals surface area contributed by atoms with Crippen LogP contribution in [0.15, 0.2) is 36.4 Å². The summed E-state index contributed by atoms with van der Waals surface area (Å²) >= 11 is 6.41. The van der Waals surface area contributed by atoms with Gasteiger partial charge in [-0.2, -0.15) is 0 Å². The number of nitrogens with zero attached hydrogens (tertiary/aromatic N) is 1. The van der Waals surface area contributed by atoms with E-state index < -0.39 is 11.6 Å². The standard InChI is InChI=1S/C20H20ClF2NO/c1-3-24-11-5-6-14(15-12-13(25-2)9-10-16(15)21)20(24)19-17(22)7-4-8-18(19)23/h4,7-10,12H,3,5-6,11H2,1-2H3. The summed E-state index contributed by atoms with van der Waals surface area (Å²) in [5, 5.41) is 0.544. The number of benzene rings is 2. The first-order chi connectivity index (χ1) is 12.1. The highest BCUT2D eigenvalue weighted by Crippen LogP contribution is 2.41. The van der Waals surface area contributed by atoms with E-state index in [0.29, 0.717) is 29.4 Å². The number of methoxy groups -OCH3 is 1. The molecule has 0 fully saturated rings. The van der Waals surface area contributed by atoms with E-state index in [1.54, 1.807) is 19.2 Å². The Bertz CT molecular complexity index is 799. The molecule has 2 nitrogen and oxygen atoms in total. The normalized spacial score (nSPS) is 14.8. The first kappa shape index (κ1) is 17.7. The highest BCUT2D eigenvalue weighted by Gasteiger charge is 2.27. The van der Waals surface area contributed by atoms with Crippen LogP contribution in [0.2, 0.25) is 5.02 Å². The summed E-state index contributed by atoms with van der Waals surface area (Å²) in [4.78, 5) is 2.01. The fraction of sp³-hybridized carbons (Fsp3) is 0.300. The van der Waals surface area contributed by atoms with Crippen molar-refractivity contribution in [3.05, 3.63) is 64.2 Å². The second-order valence-electron chi connectivity index (χ2n) is 5.95. The largest absolute Gasteiger partial charge is 0.497 e. The molecule has 0 aliphatic carbocycles. The summed E-state index contributed by atoms with van der Waals surface area (Å²) in [6, 6.07) is 9.32. The summed E-state index contributed by atoms with van der Waals surface area (Å²) in [6.07, 6.45) is 1.60. The van der Waals surface area contributed by atoms with Gasteiger partial charge in [0.2, 0.25) is 0 Å². The maximum absolute atomic E-state index is 14.5. The third-order valence-electron chi connectivity index (χ3n) is 4.54. The van der Waals surface area contributed by atoms with E-state index in [2.05, 4.69) is 0 Å². The van der Waals surface area contributed by atoms with Crippen molar-refractivity contribution in [1.29, 1.82) is 0 Å². The Balaban J connectivity index is 2.30. The van der Waals surface area contributed by atoms with Crippen LogP contribution >= 0.6 is 11.6 Å². The minimum Gasteiger partial charge on any atom is -0.497 e. The maximum Gasteiger partial charge on any atom is 0.135 e. The summed E-state index contributed by atoms with van der Waals surface area (Å²) in [5.74, 6) is -0.465. The molecule has 3 rings (SSSR count). The molecule has 5 heteroatoms. The lowest BCUT2D eigenvalue weighted by molar-refractivity contribution is 0.394. The lowest BCUT2D eigenvalue weighted by Gasteiger charge is -2.34. The number of ether oxygens (including phenoxy) is 1. The molecule has 0 bridgehead atoms. The van der Waals surface area contributed by atoms with Gasteiger partial charge < -0.3 is 9.64 Å². The van der Waals surface area contributed by atoms with Crippen molar-refractivity contribution in [3.63, 3.8) is 0 Å². The monoisotopic (exact) mass is 363 g/mol. The van der Waals surface area contributed by atoms with Crippen molar-refractivity contribution < 1.29 is 13.5 Å². The van der Waals surface area contributed by atoms with Crippen LogP contribution in [0.1, 0.15) is 30.9 Å². The Hall–Kier alpha value is -2.07. The van der Waals surface area contributed by atoms with Gasteiger partial charge in [0.15, 0.2) is 0 Å². The van der Waals surface area contributed by atoms with Crippen LogP contribution < -0.4 is 4.74 Å². The fourth-order valence-corrected chi connectivity index (χ4v) is 3.57. The predicted octanol–water partition coefficient (Wildman–Crippen LogP) is 5.61. The molecular formula is C20H20ClF2NO. The van der Waals surface area contributed by atoms with Crippen LogP contribution in [0.25, 0.3) is 11.3 Å². The fourth-order valence-electron chi connectivity index (χ4n) is 3.34. The van der Waals surface area contributed by atoms with E-state index in [1.807, 2.05) is 17.9 Å². The molecule has 1 aliphatic rings.